The van der Waals surface area contributed by atoms with E-state index in [1.165, 1.54) is 0 Å². The summed E-state index contributed by atoms with van der Waals surface area (Å²) in [4.78, 5) is 29.2. The van der Waals surface area contributed by atoms with Gasteiger partial charge < -0.3 is 10.2 Å². The van der Waals surface area contributed by atoms with Crippen LogP contribution < -0.4 is 5.32 Å². The molecule has 1 atom stereocenters. The van der Waals surface area contributed by atoms with Crippen molar-refractivity contribution < 1.29 is 9.59 Å². The number of nitrogens with one attached hydrogen (secondary N) is 1. The fourth-order valence-electron chi connectivity index (χ4n) is 2.69. The third kappa shape index (κ3) is 2.11. The number of fused-ring (bicyclic) bond motifs is 1. The molecule has 1 aromatic carbocycles. The fourth-order valence-corrected chi connectivity index (χ4v) is 2.69. The Kier molecular flexibility index (Phi) is 3.33. The van der Waals surface area contributed by atoms with Gasteiger partial charge in [0.1, 0.15) is 11.9 Å². The van der Waals surface area contributed by atoms with E-state index < -0.39 is 0 Å². The Morgan fingerprint density at radius 1 is 1.35 bits per heavy atom. The maximum absolute atomic E-state index is 12.7. The zero-order chi connectivity index (χ0) is 13.9. The minimum atomic E-state index is -0.222. The van der Waals surface area contributed by atoms with Crippen LogP contribution in [0.1, 0.15) is 23.3 Å². The Morgan fingerprint density at radius 2 is 2.20 bits per heavy atom. The maximum Gasteiger partial charge on any atom is 0.274 e. The first kappa shape index (κ1) is 12.6. The summed E-state index contributed by atoms with van der Waals surface area (Å²) in [6, 6.07) is 9.57. The molecule has 2 amide bonds. The Labute approximate surface area is 116 Å². The van der Waals surface area contributed by atoms with Crippen molar-refractivity contribution in [2.45, 2.75) is 19.0 Å². The van der Waals surface area contributed by atoms with Crippen LogP contribution in [0.15, 0.2) is 36.5 Å². The number of benzene rings is 1. The minimum absolute atomic E-state index is 0.126. The molecule has 0 radical (unpaired) electrons. The number of likely N-dealkylation sites (tertiary alicyclic amines) is 1. The van der Waals surface area contributed by atoms with Crippen LogP contribution in [-0.2, 0) is 4.79 Å². The molecule has 0 aliphatic carbocycles. The molecular formula is C15H15N3O2. The molecular weight excluding hydrogens is 254 g/mol. The minimum Gasteiger partial charge on any atom is -0.338 e. The van der Waals surface area contributed by atoms with E-state index in [0.29, 0.717) is 18.6 Å². The molecule has 102 valence electrons. The second-order valence-corrected chi connectivity index (χ2v) is 4.82. The molecule has 0 bridgehead atoms. The molecule has 5 nitrogen and oxygen atoms in total. The van der Waals surface area contributed by atoms with E-state index in [9.17, 15) is 9.59 Å². The molecule has 5 heteroatoms. The van der Waals surface area contributed by atoms with Gasteiger partial charge in [-0.25, -0.2) is 0 Å². The van der Waals surface area contributed by atoms with E-state index in [-0.39, 0.29) is 12.1 Å². The third-order valence-electron chi connectivity index (χ3n) is 3.65. The second-order valence-electron chi connectivity index (χ2n) is 4.82. The summed E-state index contributed by atoms with van der Waals surface area (Å²) in [5, 5.41) is 4.52. The summed E-state index contributed by atoms with van der Waals surface area (Å²) in [7, 11) is 0. The van der Waals surface area contributed by atoms with Crippen molar-refractivity contribution in [1.82, 2.24) is 15.2 Å². The molecule has 2 aromatic rings. The lowest BCUT2D eigenvalue weighted by atomic mass is 10.1. The number of carbonyl (C=O) groups excluding carboxylic acids is 2. The quantitative estimate of drug-likeness (QED) is 0.860. The Hall–Kier alpha value is -2.43. The van der Waals surface area contributed by atoms with Crippen LogP contribution in [0, 0.1) is 0 Å². The Balaban J connectivity index is 1.98. The van der Waals surface area contributed by atoms with Gasteiger partial charge in [-0.15, -0.1) is 0 Å². The van der Waals surface area contributed by atoms with Gasteiger partial charge in [0.15, 0.2) is 0 Å². The highest BCUT2D eigenvalue weighted by Gasteiger charge is 2.30. The van der Waals surface area contributed by atoms with E-state index >= 15 is 0 Å². The van der Waals surface area contributed by atoms with E-state index in [1.54, 1.807) is 11.1 Å². The van der Waals surface area contributed by atoms with Crippen LogP contribution in [0.4, 0.5) is 0 Å². The molecule has 1 aromatic heterocycles. The monoisotopic (exact) mass is 269 g/mol. The number of amides is 2. The molecule has 1 fully saturated rings. The lowest BCUT2D eigenvalue weighted by Crippen LogP contribution is -2.44. The summed E-state index contributed by atoms with van der Waals surface area (Å²) >= 11 is 0. The number of carbonyl (C=O) groups is 2. The molecule has 1 aliphatic rings. The molecule has 1 aliphatic heterocycles. The molecule has 0 saturated carbocycles. The van der Waals surface area contributed by atoms with Crippen molar-refractivity contribution >= 4 is 23.1 Å². The summed E-state index contributed by atoms with van der Waals surface area (Å²) in [5.74, 6) is -0.126. The lowest BCUT2D eigenvalue weighted by Gasteiger charge is -2.24. The van der Waals surface area contributed by atoms with Gasteiger partial charge in [-0.2, -0.15) is 0 Å². The van der Waals surface area contributed by atoms with Gasteiger partial charge in [0.25, 0.3) is 5.91 Å². The van der Waals surface area contributed by atoms with E-state index in [1.807, 2.05) is 30.3 Å². The van der Waals surface area contributed by atoms with Gasteiger partial charge in [0.2, 0.25) is 6.41 Å². The van der Waals surface area contributed by atoms with Crippen LogP contribution in [0.2, 0.25) is 0 Å². The van der Waals surface area contributed by atoms with Crippen LogP contribution in [0.3, 0.4) is 0 Å². The van der Waals surface area contributed by atoms with E-state index in [4.69, 9.17) is 0 Å². The zero-order valence-corrected chi connectivity index (χ0v) is 11.0. The largest absolute Gasteiger partial charge is 0.338 e. The standard InChI is InChI=1S/C15H15N3O2/c19-10-17-13-6-3-9-18(13)15(20)14-12-5-2-1-4-11(12)7-8-16-14/h1-2,4-5,7-8,10,13H,3,6,9H2,(H,17,19). The SMILES string of the molecule is O=CNC1CCCN1C(=O)c1nccc2ccccc12. The summed E-state index contributed by atoms with van der Waals surface area (Å²) in [6.45, 7) is 0.648. The molecule has 20 heavy (non-hydrogen) atoms. The maximum atomic E-state index is 12.7. The summed E-state index contributed by atoms with van der Waals surface area (Å²) in [6.07, 6.45) is 3.75. The third-order valence-corrected chi connectivity index (χ3v) is 3.65. The van der Waals surface area contributed by atoms with Crippen LogP contribution in [0.25, 0.3) is 10.8 Å². The molecule has 3 rings (SSSR count). The first-order valence-corrected chi connectivity index (χ1v) is 6.65. The number of hydrogen-bond donors (Lipinski definition) is 1. The fraction of sp³-hybridized carbons (Fsp3) is 0.267. The van der Waals surface area contributed by atoms with Crippen molar-refractivity contribution in [1.29, 1.82) is 0 Å². The van der Waals surface area contributed by atoms with Gasteiger partial charge in [-0.05, 0) is 24.3 Å². The highest BCUT2D eigenvalue weighted by atomic mass is 16.2. The zero-order valence-electron chi connectivity index (χ0n) is 11.0. The number of rotatable bonds is 3. The van der Waals surface area contributed by atoms with E-state index in [2.05, 4.69) is 10.3 Å². The van der Waals surface area contributed by atoms with Crippen LogP contribution in [0.5, 0.6) is 0 Å². The first-order valence-electron chi connectivity index (χ1n) is 6.65. The number of hydrogen-bond acceptors (Lipinski definition) is 3. The smallest absolute Gasteiger partial charge is 0.274 e. The van der Waals surface area contributed by atoms with Gasteiger partial charge in [0.05, 0.1) is 0 Å². The highest BCUT2D eigenvalue weighted by molar-refractivity contribution is 6.05. The van der Waals surface area contributed by atoms with Crippen molar-refractivity contribution in [3.8, 4) is 0 Å². The molecule has 0 spiro atoms. The van der Waals surface area contributed by atoms with Crippen molar-refractivity contribution in [2.24, 2.45) is 0 Å². The lowest BCUT2D eigenvalue weighted by molar-refractivity contribution is -0.110. The molecule has 1 saturated heterocycles. The van der Waals surface area contributed by atoms with E-state index in [0.717, 1.165) is 23.6 Å². The summed E-state index contributed by atoms with van der Waals surface area (Å²) < 4.78 is 0. The average Bonchev–Trinajstić information content (AvgIpc) is 2.94. The number of pyridine rings is 1. The number of aromatic nitrogens is 1. The topological polar surface area (TPSA) is 62.3 Å². The Morgan fingerprint density at radius 3 is 3.05 bits per heavy atom. The summed E-state index contributed by atoms with van der Waals surface area (Å²) in [5.41, 5.74) is 0.447. The molecule has 2 heterocycles. The van der Waals surface area contributed by atoms with Crippen molar-refractivity contribution in [2.75, 3.05) is 6.54 Å². The second kappa shape index (κ2) is 5.28. The normalized spacial score (nSPS) is 18.2. The predicted octanol–water partition coefficient (Wildman–Crippen LogP) is 1.54. The van der Waals surface area contributed by atoms with Gasteiger partial charge >= 0.3 is 0 Å². The highest BCUT2D eigenvalue weighted by Crippen LogP contribution is 2.22. The van der Waals surface area contributed by atoms with Crippen LogP contribution >= 0.6 is 0 Å². The number of nitrogens with zero attached hydrogens (tertiary/aromatic N) is 2. The van der Waals surface area contributed by atoms with Crippen LogP contribution in [-0.4, -0.2) is 34.9 Å². The Bertz CT molecular complexity index is 651. The molecule has 1 N–H and O–H groups in total. The van der Waals surface area contributed by atoms with Gasteiger partial charge in [-0.3, -0.25) is 14.6 Å². The average molecular weight is 269 g/mol. The van der Waals surface area contributed by atoms with Crippen molar-refractivity contribution in [3.05, 3.63) is 42.2 Å². The predicted molar refractivity (Wildman–Crippen MR) is 75.0 cm³/mol. The first-order chi connectivity index (χ1) is 9.81. The van der Waals surface area contributed by atoms with Crippen molar-refractivity contribution in [3.63, 3.8) is 0 Å². The van der Waals surface area contributed by atoms with Gasteiger partial charge in [-0.1, -0.05) is 24.3 Å². The van der Waals surface area contributed by atoms with Gasteiger partial charge in [0, 0.05) is 18.1 Å². The molecule has 1 unspecified atom stereocenters.